The van der Waals surface area contributed by atoms with Crippen LogP contribution in [0.1, 0.15) is 25.7 Å². The number of methoxy groups -OCH3 is 1. The molecule has 0 unspecified atom stereocenters. The van der Waals surface area contributed by atoms with E-state index in [1.807, 2.05) is 0 Å². The Labute approximate surface area is 136 Å². The number of carboxylic acid groups (broad SMARTS) is 1. The lowest BCUT2D eigenvalue weighted by Gasteiger charge is -2.30. The zero-order valence-electron chi connectivity index (χ0n) is 13.5. The minimum absolute atomic E-state index is 0.0390. The minimum Gasteiger partial charge on any atom is -0.469 e. The largest absolute Gasteiger partial charge is 0.469 e. The second-order valence-electron chi connectivity index (χ2n) is 5.35. The van der Waals surface area contributed by atoms with Crippen molar-refractivity contribution in [3.63, 3.8) is 0 Å². The minimum atomic E-state index is -0.974. The van der Waals surface area contributed by atoms with E-state index < -0.39 is 6.09 Å². The van der Waals surface area contributed by atoms with Crippen molar-refractivity contribution in [1.29, 1.82) is 0 Å². The van der Waals surface area contributed by atoms with E-state index in [9.17, 15) is 14.7 Å². The van der Waals surface area contributed by atoms with Gasteiger partial charge in [-0.2, -0.15) is 0 Å². The summed E-state index contributed by atoms with van der Waals surface area (Å²) in [5, 5.41) is 9.36. The molecule has 0 spiro atoms. The first-order chi connectivity index (χ1) is 11.1. The Hall–Kier alpha value is -2.37. The van der Waals surface area contributed by atoms with Crippen LogP contribution in [0.5, 0.6) is 0 Å². The summed E-state index contributed by atoms with van der Waals surface area (Å²) in [4.78, 5) is 28.2. The van der Waals surface area contributed by atoms with Gasteiger partial charge in [0.2, 0.25) is 0 Å². The number of amides is 1. The van der Waals surface area contributed by atoms with Crippen LogP contribution in [-0.4, -0.2) is 35.8 Å². The van der Waals surface area contributed by atoms with E-state index in [0.29, 0.717) is 12.2 Å². The van der Waals surface area contributed by atoms with Crippen LogP contribution in [0.4, 0.5) is 10.5 Å². The van der Waals surface area contributed by atoms with E-state index in [-0.39, 0.29) is 17.8 Å². The number of ether oxygens (including phenoxy) is 1. The molecule has 0 radical (unpaired) electrons. The van der Waals surface area contributed by atoms with Crippen LogP contribution in [0.25, 0.3) is 0 Å². The molecule has 0 saturated heterocycles. The van der Waals surface area contributed by atoms with Gasteiger partial charge in [0.25, 0.3) is 0 Å². The third kappa shape index (κ3) is 5.39. The van der Waals surface area contributed by atoms with Gasteiger partial charge in [-0.25, -0.2) is 4.79 Å². The Bertz CT molecular complexity index is 499. The normalized spacial score (nSPS) is 19.9. The molecule has 1 saturated carbocycles. The van der Waals surface area contributed by atoms with Crippen molar-refractivity contribution in [2.75, 3.05) is 18.6 Å². The predicted octanol–water partition coefficient (Wildman–Crippen LogP) is 3.35. The van der Waals surface area contributed by atoms with Crippen LogP contribution >= 0.6 is 0 Å². The zero-order chi connectivity index (χ0) is 17.2. The second-order valence-corrected chi connectivity index (χ2v) is 5.35. The molecule has 23 heavy (non-hydrogen) atoms. The third-order valence-corrected chi connectivity index (χ3v) is 4.01. The number of pyridine rings is 1. The Kier molecular flexibility index (Phi) is 7.80. The predicted molar refractivity (Wildman–Crippen MR) is 88.3 cm³/mol. The fourth-order valence-electron chi connectivity index (χ4n) is 2.81. The molecule has 0 atom stereocenters. The number of carbonyl (C=O) groups is 2. The van der Waals surface area contributed by atoms with Crippen LogP contribution in [-0.2, 0) is 9.53 Å². The van der Waals surface area contributed by atoms with E-state index >= 15 is 0 Å². The van der Waals surface area contributed by atoms with Crippen LogP contribution in [0.2, 0.25) is 0 Å². The SMILES string of the molecule is C=C.COC(=O)C1CCC(CN(C(=O)O)c2cccnc2)CC1. The maximum atomic E-state index is 11.5. The summed E-state index contributed by atoms with van der Waals surface area (Å²) in [5.74, 6) is 0.0703. The van der Waals surface area contributed by atoms with Gasteiger partial charge in [0.05, 0.1) is 24.9 Å². The molecule has 0 bridgehead atoms. The molecule has 6 nitrogen and oxygen atoms in total. The van der Waals surface area contributed by atoms with Crippen molar-refractivity contribution in [3.8, 4) is 0 Å². The lowest BCUT2D eigenvalue weighted by Crippen LogP contribution is -2.36. The van der Waals surface area contributed by atoms with Gasteiger partial charge in [0, 0.05) is 12.7 Å². The van der Waals surface area contributed by atoms with Crippen LogP contribution < -0.4 is 4.90 Å². The highest BCUT2D eigenvalue weighted by molar-refractivity contribution is 5.85. The van der Waals surface area contributed by atoms with Crippen molar-refractivity contribution >= 4 is 17.7 Å². The molecule has 0 aromatic carbocycles. The Morgan fingerprint density at radius 2 is 2.00 bits per heavy atom. The fourth-order valence-corrected chi connectivity index (χ4v) is 2.81. The van der Waals surface area contributed by atoms with E-state index in [1.54, 1.807) is 24.5 Å². The third-order valence-electron chi connectivity index (χ3n) is 4.01. The number of rotatable bonds is 4. The van der Waals surface area contributed by atoms with Crippen LogP contribution in [0, 0.1) is 11.8 Å². The highest BCUT2D eigenvalue weighted by Gasteiger charge is 2.29. The highest BCUT2D eigenvalue weighted by Crippen LogP contribution is 2.31. The van der Waals surface area contributed by atoms with Crippen molar-refractivity contribution in [1.82, 2.24) is 4.98 Å². The molecule has 1 aliphatic carbocycles. The standard InChI is InChI=1S/C15H20N2O4.C2H4/c1-21-14(18)12-6-4-11(5-7-12)10-17(15(19)20)13-3-2-8-16-9-13;1-2/h2-3,8-9,11-12H,4-7,10H2,1H3,(H,19,20);1-2H2. The van der Waals surface area contributed by atoms with E-state index in [4.69, 9.17) is 4.74 Å². The molecule has 2 rings (SSSR count). The second kappa shape index (κ2) is 9.61. The van der Waals surface area contributed by atoms with Gasteiger partial charge in [-0.1, -0.05) is 0 Å². The molecule has 1 amide bonds. The number of carbonyl (C=O) groups excluding carboxylic acids is 1. The van der Waals surface area contributed by atoms with Gasteiger partial charge < -0.3 is 9.84 Å². The molecule has 6 heteroatoms. The van der Waals surface area contributed by atoms with Gasteiger partial charge in [0.1, 0.15) is 0 Å². The Morgan fingerprint density at radius 1 is 1.35 bits per heavy atom. The zero-order valence-corrected chi connectivity index (χ0v) is 13.5. The average Bonchev–Trinajstić information content (AvgIpc) is 2.61. The fraction of sp³-hybridized carbons (Fsp3) is 0.471. The van der Waals surface area contributed by atoms with E-state index in [0.717, 1.165) is 25.7 Å². The number of esters is 1. The molecule has 126 valence electrons. The molecular weight excluding hydrogens is 296 g/mol. The van der Waals surface area contributed by atoms with Gasteiger partial charge in [0.15, 0.2) is 0 Å². The molecule has 1 N–H and O–H groups in total. The summed E-state index contributed by atoms with van der Waals surface area (Å²) in [6.45, 7) is 6.44. The summed E-state index contributed by atoms with van der Waals surface area (Å²) in [6, 6.07) is 3.46. The number of nitrogens with zero attached hydrogens (tertiary/aromatic N) is 2. The smallest absolute Gasteiger partial charge is 0.411 e. The number of hydrogen-bond donors (Lipinski definition) is 1. The van der Waals surface area contributed by atoms with Gasteiger partial charge in [-0.05, 0) is 43.7 Å². The van der Waals surface area contributed by atoms with Crippen molar-refractivity contribution in [2.45, 2.75) is 25.7 Å². The van der Waals surface area contributed by atoms with Crippen molar-refractivity contribution < 1.29 is 19.4 Å². The van der Waals surface area contributed by atoms with Gasteiger partial charge >= 0.3 is 12.1 Å². The van der Waals surface area contributed by atoms with E-state index in [1.165, 1.54) is 12.0 Å². The van der Waals surface area contributed by atoms with Crippen LogP contribution in [0.15, 0.2) is 37.7 Å². The van der Waals surface area contributed by atoms with E-state index in [2.05, 4.69) is 18.1 Å². The summed E-state index contributed by atoms with van der Waals surface area (Å²) in [5.41, 5.74) is 0.583. The maximum Gasteiger partial charge on any atom is 0.411 e. The molecule has 0 aliphatic heterocycles. The summed E-state index contributed by atoms with van der Waals surface area (Å²) in [6.07, 6.45) is 5.39. The quantitative estimate of drug-likeness (QED) is 0.680. The van der Waals surface area contributed by atoms with Crippen molar-refractivity contribution in [2.24, 2.45) is 11.8 Å². The first kappa shape index (κ1) is 18.7. The number of anilines is 1. The molecule has 1 fully saturated rings. The Balaban J connectivity index is 0.00000127. The summed E-state index contributed by atoms with van der Waals surface area (Å²) >= 11 is 0. The van der Waals surface area contributed by atoms with Crippen molar-refractivity contribution in [3.05, 3.63) is 37.7 Å². The van der Waals surface area contributed by atoms with Crippen LogP contribution in [0.3, 0.4) is 0 Å². The topological polar surface area (TPSA) is 79.7 Å². The lowest BCUT2D eigenvalue weighted by atomic mass is 9.82. The molecular formula is C17H24N2O4. The molecule has 1 aromatic rings. The maximum absolute atomic E-state index is 11.5. The summed E-state index contributed by atoms with van der Waals surface area (Å²) in [7, 11) is 1.41. The molecule has 1 aromatic heterocycles. The van der Waals surface area contributed by atoms with Gasteiger partial charge in [-0.15, -0.1) is 13.2 Å². The first-order valence-electron chi connectivity index (χ1n) is 7.60. The lowest BCUT2D eigenvalue weighted by molar-refractivity contribution is -0.146. The monoisotopic (exact) mass is 320 g/mol. The molecule has 1 heterocycles. The highest BCUT2D eigenvalue weighted by atomic mass is 16.5. The Morgan fingerprint density at radius 3 is 2.48 bits per heavy atom. The summed E-state index contributed by atoms with van der Waals surface area (Å²) < 4.78 is 4.76. The van der Waals surface area contributed by atoms with Gasteiger partial charge in [-0.3, -0.25) is 14.7 Å². The number of hydrogen-bond acceptors (Lipinski definition) is 4. The number of aromatic nitrogens is 1. The average molecular weight is 320 g/mol. The molecule has 1 aliphatic rings. The first-order valence-corrected chi connectivity index (χ1v) is 7.60.